The maximum absolute atomic E-state index is 12.6. The lowest BCUT2D eigenvalue weighted by Crippen LogP contribution is -2.35. The minimum absolute atomic E-state index is 0.0521. The van der Waals surface area contributed by atoms with Gasteiger partial charge in [0.25, 0.3) is 0 Å². The van der Waals surface area contributed by atoms with E-state index in [1.54, 1.807) is 24.3 Å². The highest BCUT2D eigenvalue weighted by molar-refractivity contribution is 6.30. The van der Waals surface area contributed by atoms with Crippen LogP contribution in [0.15, 0.2) is 24.3 Å². The molecule has 0 N–H and O–H groups in total. The number of carbonyl (C=O) groups excluding carboxylic acids is 1. The van der Waals surface area contributed by atoms with Gasteiger partial charge in [-0.1, -0.05) is 37.8 Å². The Hall–Kier alpha value is -1.02. The molecule has 3 aliphatic carbocycles. The molecule has 3 saturated carbocycles. The molecule has 0 spiro atoms. The normalized spacial score (nSPS) is 35.0. The van der Waals surface area contributed by atoms with E-state index in [1.165, 1.54) is 64.2 Å². The summed E-state index contributed by atoms with van der Waals surface area (Å²) >= 11 is 5.91. The van der Waals surface area contributed by atoms with Crippen molar-refractivity contribution in [3.05, 3.63) is 29.3 Å². The summed E-state index contributed by atoms with van der Waals surface area (Å²) in [6, 6.07) is 7.10. The number of rotatable bonds is 5. The van der Waals surface area contributed by atoms with Gasteiger partial charge in [0.05, 0.1) is 5.92 Å². The number of halogens is 1. The first-order valence-corrected chi connectivity index (χ1v) is 12.5. The molecule has 29 heavy (non-hydrogen) atoms. The molecule has 0 amide bonds. The predicted molar refractivity (Wildman–Crippen MR) is 119 cm³/mol. The molecular formula is C26H37ClO2. The Morgan fingerprint density at radius 2 is 1.45 bits per heavy atom. The van der Waals surface area contributed by atoms with Crippen molar-refractivity contribution in [2.45, 2.75) is 84.0 Å². The first-order valence-electron chi connectivity index (χ1n) is 12.1. The average Bonchev–Trinajstić information content (AvgIpc) is 2.75. The molecule has 4 unspecified atom stereocenters. The van der Waals surface area contributed by atoms with Gasteiger partial charge in [0.1, 0.15) is 5.75 Å². The number of hydrogen-bond acceptors (Lipinski definition) is 2. The van der Waals surface area contributed by atoms with E-state index in [0.717, 1.165) is 42.4 Å². The van der Waals surface area contributed by atoms with Gasteiger partial charge in [-0.3, -0.25) is 4.79 Å². The molecule has 0 aromatic heterocycles. The molecule has 4 atom stereocenters. The van der Waals surface area contributed by atoms with Crippen LogP contribution in [0.3, 0.4) is 0 Å². The van der Waals surface area contributed by atoms with E-state index in [-0.39, 0.29) is 11.9 Å². The lowest BCUT2D eigenvalue weighted by atomic mass is 9.60. The largest absolute Gasteiger partial charge is 0.426 e. The summed E-state index contributed by atoms with van der Waals surface area (Å²) in [5, 5.41) is 0.666. The van der Waals surface area contributed by atoms with Gasteiger partial charge in [-0.2, -0.15) is 0 Å². The summed E-state index contributed by atoms with van der Waals surface area (Å²) in [7, 11) is 0. The highest BCUT2D eigenvalue weighted by Crippen LogP contribution is 2.49. The van der Waals surface area contributed by atoms with Crippen molar-refractivity contribution in [2.75, 3.05) is 0 Å². The minimum atomic E-state index is -0.0521. The zero-order chi connectivity index (χ0) is 20.2. The first kappa shape index (κ1) is 21.2. The third-order valence-electron chi connectivity index (χ3n) is 8.26. The molecule has 4 rings (SSSR count). The van der Waals surface area contributed by atoms with E-state index >= 15 is 0 Å². The highest BCUT2D eigenvalue weighted by Gasteiger charge is 2.39. The van der Waals surface area contributed by atoms with Crippen LogP contribution in [0.5, 0.6) is 5.75 Å². The Labute approximate surface area is 181 Å². The van der Waals surface area contributed by atoms with Crippen molar-refractivity contribution >= 4 is 17.6 Å². The standard InChI is InChI=1S/C26H37ClO2/c1-2-3-18-4-5-23-17-22(11-10-21(23)16-18)19-6-8-20(9-7-19)26(28)29-25-14-12-24(27)13-15-25/h12-15,18-23H,2-11,16-17H2,1H3. The van der Waals surface area contributed by atoms with E-state index in [2.05, 4.69) is 6.92 Å². The SMILES string of the molecule is CCCC1CCC2CC(C3CCC(C(=O)Oc4ccc(Cl)cc4)CC3)CCC2C1. The van der Waals surface area contributed by atoms with Crippen molar-refractivity contribution in [3.8, 4) is 5.75 Å². The molecule has 0 radical (unpaired) electrons. The van der Waals surface area contributed by atoms with Gasteiger partial charge in [-0.25, -0.2) is 0 Å². The second kappa shape index (κ2) is 9.86. The molecule has 0 aliphatic heterocycles. The smallest absolute Gasteiger partial charge is 0.314 e. The molecule has 0 saturated heterocycles. The number of ether oxygens (including phenoxy) is 1. The van der Waals surface area contributed by atoms with Crippen molar-refractivity contribution < 1.29 is 9.53 Å². The van der Waals surface area contributed by atoms with Crippen LogP contribution in [0.25, 0.3) is 0 Å². The summed E-state index contributed by atoms with van der Waals surface area (Å²) in [5.74, 6) is 5.40. The molecule has 1 aromatic rings. The molecule has 3 aliphatic rings. The number of carbonyl (C=O) groups is 1. The Morgan fingerprint density at radius 1 is 0.862 bits per heavy atom. The Morgan fingerprint density at radius 3 is 2.14 bits per heavy atom. The summed E-state index contributed by atoms with van der Waals surface area (Å²) < 4.78 is 5.59. The fourth-order valence-electron chi connectivity index (χ4n) is 6.65. The van der Waals surface area contributed by atoms with Crippen LogP contribution < -0.4 is 4.74 Å². The summed E-state index contributed by atoms with van der Waals surface area (Å²) in [4.78, 5) is 12.6. The second-order valence-corrected chi connectivity index (χ2v) is 10.5. The minimum Gasteiger partial charge on any atom is -0.426 e. The van der Waals surface area contributed by atoms with Crippen LogP contribution >= 0.6 is 11.6 Å². The monoisotopic (exact) mass is 416 g/mol. The number of fused-ring (bicyclic) bond motifs is 1. The lowest BCUT2D eigenvalue weighted by molar-refractivity contribution is -0.140. The Balaban J connectivity index is 1.23. The first-order chi connectivity index (χ1) is 14.1. The Kier molecular flexibility index (Phi) is 7.21. The van der Waals surface area contributed by atoms with Crippen LogP contribution in [0.4, 0.5) is 0 Å². The van der Waals surface area contributed by atoms with Gasteiger partial charge in [0.15, 0.2) is 0 Å². The second-order valence-electron chi connectivity index (χ2n) is 10.0. The van der Waals surface area contributed by atoms with Gasteiger partial charge in [0.2, 0.25) is 0 Å². The molecule has 0 heterocycles. The zero-order valence-corrected chi connectivity index (χ0v) is 18.7. The van der Waals surface area contributed by atoms with E-state index in [1.807, 2.05) is 0 Å². The van der Waals surface area contributed by atoms with Gasteiger partial charge in [-0.05, 0) is 112 Å². The molecule has 160 valence electrons. The quantitative estimate of drug-likeness (QED) is 0.363. The van der Waals surface area contributed by atoms with Gasteiger partial charge in [-0.15, -0.1) is 0 Å². The zero-order valence-electron chi connectivity index (χ0n) is 18.0. The van der Waals surface area contributed by atoms with Crippen molar-refractivity contribution in [2.24, 2.45) is 35.5 Å². The molecule has 3 fully saturated rings. The highest BCUT2D eigenvalue weighted by atomic mass is 35.5. The van der Waals surface area contributed by atoms with Crippen LogP contribution in [0.1, 0.15) is 84.0 Å². The van der Waals surface area contributed by atoms with Crippen molar-refractivity contribution in [3.63, 3.8) is 0 Å². The predicted octanol–water partition coefficient (Wildman–Crippen LogP) is 7.68. The van der Waals surface area contributed by atoms with E-state index in [9.17, 15) is 4.79 Å². The van der Waals surface area contributed by atoms with E-state index < -0.39 is 0 Å². The van der Waals surface area contributed by atoms with Gasteiger partial charge >= 0.3 is 5.97 Å². The topological polar surface area (TPSA) is 26.3 Å². The van der Waals surface area contributed by atoms with Crippen LogP contribution in [-0.2, 0) is 4.79 Å². The number of esters is 1. The van der Waals surface area contributed by atoms with Crippen molar-refractivity contribution in [1.29, 1.82) is 0 Å². The third kappa shape index (κ3) is 5.37. The van der Waals surface area contributed by atoms with Crippen LogP contribution in [-0.4, -0.2) is 5.97 Å². The van der Waals surface area contributed by atoms with Crippen LogP contribution in [0, 0.1) is 35.5 Å². The summed E-state index contributed by atoms with van der Waals surface area (Å²) in [6.07, 6.45) is 16.1. The van der Waals surface area contributed by atoms with Gasteiger partial charge < -0.3 is 4.74 Å². The summed E-state index contributed by atoms with van der Waals surface area (Å²) in [6.45, 7) is 2.34. The third-order valence-corrected chi connectivity index (χ3v) is 8.52. The van der Waals surface area contributed by atoms with Crippen molar-refractivity contribution in [1.82, 2.24) is 0 Å². The molecular weight excluding hydrogens is 380 g/mol. The fraction of sp³-hybridized carbons (Fsp3) is 0.731. The van der Waals surface area contributed by atoms with Gasteiger partial charge in [0, 0.05) is 5.02 Å². The molecule has 0 bridgehead atoms. The maximum Gasteiger partial charge on any atom is 0.314 e. The van der Waals surface area contributed by atoms with Crippen LogP contribution in [0.2, 0.25) is 5.02 Å². The number of benzene rings is 1. The lowest BCUT2D eigenvalue weighted by Gasteiger charge is -2.45. The summed E-state index contributed by atoms with van der Waals surface area (Å²) in [5.41, 5.74) is 0. The molecule has 3 heteroatoms. The maximum atomic E-state index is 12.6. The van der Waals surface area contributed by atoms with E-state index in [4.69, 9.17) is 16.3 Å². The van der Waals surface area contributed by atoms with E-state index in [0.29, 0.717) is 10.8 Å². The molecule has 1 aromatic carbocycles. The fourth-order valence-corrected chi connectivity index (χ4v) is 6.78. The molecule has 2 nitrogen and oxygen atoms in total. The average molecular weight is 417 g/mol. The number of hydrogen-bond donors (Lipinski definition) is 0. The Bertz CT molecular complexity index is 662.